The molecule has 1 fully saturated rings. The van der Waals surface area contributed by atoms with Crippen molar-refractivity contribution in [2.75, 3.05) is 11.4 Å². The maximum Gasteiger partial charge on any atom is 0.416 e. The van der Waals surface area contributed by atoms with Gasteiger partial charge in [0.15, 0.2) is 0 Å². The molecule has 1 aliphatic heterocycles. The second kappa shape index (κ2) is 8.43. The Bertz CT molecular complexity index is 1300. The number of nitriles is 1. The predicted molar refractivity (Wildman–Crippen MR) is 118 cm³/mol. The predicted octanol–water partition coefficient (Wildman–Crippen LogP) is 4.51. The first-order valence-electron chi connectivity index (χ1n) is 10.6. The van der Waals surface area contributed by atoms with Crippen LogP contribution in [0.2, 0.25) is 0 Å². The number of alkyl halides is 3. The first kappa shape index (κ1) is 22.6. The Morgan fingerprint density at radius 1 is 1.18 bits per heavy atom. The maximum atomic E-state index is 13.1. The van der Waals surface area contributed by atoms with E-state index in [1.54, 1.807) is 19.2 Å². The molecule has 0 spiro atoms. The van der Waals surface area contributed by atoms with Gasteiger partial charge in [-0.15, -0.1) is 0 Å². The van der Waals surface area contributed by atoms with E-state index >= 15 is 0 Å². The van der Waals surface area contributed by atoms with Crippen molar-refractivity contribution < 1.29 is 17.9 Å². The van der Waals surface area contributed by atoms with Crippen molar-refractivity contribution in [1.29, 1.82) is 5.26 Å². The van der Waals surface area contributed by atoms with Crippen molar-refractivity contribution in [3.05, 3.63) is 64.1 Å². The molecule has 3 heterocycles. The van der Waals surface area contributed by atoms with E-state index in [0.717, 1.165) is 12.1 Å². The molecule has 0 amide bonds. The molecule has 33 heavy (non-hydrogen) atoms. The summed E-state index contributed by atoms with van der Waals surface area (Å²) < 4.78 is 46.6. The lowest BCUT2D eigenvalue weighted by molar-refractivity contribution is -0.137. The lowest BCUT2D eigenvalue weighted by atomic mass is 9.91. The first-order chi connectivity index (χ1) is 15.6. The molecule has 1 aliphatic rings. The second-order valence-corrected chi connectivity index (χ2v) is 8.50. The highest BCUT2D eigenvalue weighted by Crippen LogP contribution is 2.35. The summed E-state index contributed by atoms with van der Waals surface area (Å²) in [5.41, 5.74) is 1.15. The van der Waals surface area contributed by atoms with Crippen molar-refractivity contribution >= 4 is 16.7 Å². The minimum atomic E-state index is -4.43. The van der Waals surface area contributed by atoms with E-state index in [9.17, 15) is 23.2 Å². The summed E-state index contributed by atoms with van der Waals surface area (Å²) in [7, 11) is 1.66. The maximum absolute atomic E-state index is 13.1. The SMILES string of the molecule is C[C@@H]1C[C@H](Oc2cccc(C(F)(F)F)c2)[C@@H](C)CN1c1cc(=O)n(C)c2ccc(C#N)nc12. The molecule has 1 saturated heterocycles. The van der Waals surface area contributed by atoms with E-state index in [2.05, 4.69) is 9.88 Å². The Morgan fingerprint density at radius 2 is 1.94 bits per heavy atom. The van der Waals surface area contributed by atoms with Gasteiger partial charge in [0.25, 0.3) is 5.56 Å². The standard InChI is InChI=1S/C24H23F3N4O2/c1-14-13-31(20-11-22(32)30(3)19-8-7-17(12-28)29-23(19)20)15(2)9-21(14)33-18-6-4-5-16(10-18)24(25,26)27/h4-8,10-11,14-15,21H,9,13H2,1-3H3/t14-,15+,21-/m0/s1. The summed E-state index contributed by atoms with van der Waals surface area (Å²) in [5.74, 6) is 0.149. The number of piperidine rings is 1. The van der Waals surface area contributed by atoms with Crippen molar-refractivity contribution in [3.8, 4) is 11.8 Å². The van der Waals surface area contributed by atoms with Gasteiger partial charge in [-0.25, -0.2) is 4.98 Å². The first-order valence-corrected chi connectivity index (χ1v) is 10.6. The van der Waals surface area contributed by atoms with Gasteiger partial charge in [-0.05, 0) is 37.3 Å². The Kier molecular flexibility index (Phi) is 5.78. The number of nitrogens with zero attached hydrogens (tertiary/aromatic N) is 4. The third kappa shape index (κ3) is 4.38. The molecule has 0 unspecified atom stereocenters. The third-order valence-electron chi connectivity index (χ3n) is 6.17. The molecule has 9 heteroatoms. The molecule has 4 rings (SSSR count). The second-order valence-electron chi connectivity index (χ2n) is 8.50. The average molecular weight is 456 g/mol. The molecule has 2 aromatic heterocycles. The molecule has 0 radical (unpaired) electrons. The smallest absolute Gasteiger partial charge is 0.416 e. The largest absolute Gasteiger partial charge is 0.490 e. The zero-order chi connectivity index (χ0) is 23.9. The van der Waals surface area contributed by atoms with E-state index in [1.165, 1.54) is 22.8 Å². The fraction of sp³-hybridized carbons (Fsp3) is 0.375. The summed E-state index contributed by atoms with van der Waals surface area (Å²) in [5, 5.41) is 9.28. The average Bonchev–Trinajstić information content (AvgIpc) is 2.78. The van der Waals surface area contributed by atoms with E-state index in [1.807, 2.05) is 19.9 Å². The molecule has 0 bridgehead atoms. The Morgan fingerprint density at radius 3 is 2.64 bits per heavy atom. The topological polar surface area (TPSA) is 71.2 Å². The van der Waals surface area contributed by atoms with E-state index < -0.39 is 11.7 Å². The van der Waals surface area contributed by atoms with Crippen LogP contribution in [-0.4, -0.2) is 28.2 Å². The lowest BCUT2D eigenvalue weighted by Crippen LogP contribution is -2.50. The van der Waals surface area contributed by atoms with Gasteiger partial charge >= 0.3 is 6.18 Å². The highest BCUT2D eigenvalue weighted by atomic mass is 19.4. The number of hydrogen-bond donors (Lipinski definition) is 0. The van der Waals surface area contributed by atoms with Crippen LogP contribution in [0.1, 0.15) is 31.5 Å². The zero-order valence-electron chi connectivity index (χ0n) is 18.4. The van der Waals surface area contributed by atoms with Crippen LogP contribution in [0, 0.1) is 17.2 Å². The van der Waals surface area contributed by atoms with Crippen LogP contribution in [0.3, 0.4) is 0 Å². The summed E-state index contributed by atoms with van der Waals surface area (Å²) in [6.45, 7) is 4.46. The van der Waals surface area contributed by atoms with Gasteiger partial charge in [-0.1, -0.05) is 13.0 Å². The summed E-state index contributed by atoms with van der Waals surface area (Å²) in [4.78, 5) is 19.1. The minimum Gasteiger partial charge on any atom is -0.490 e. The molecular weight excluding hydrogens is 433 g/mol. The highest BCUT2D eigenvalue weighted by Gasteiger charge is 2.35. The fourth-order valence-corrected chi connectivity index (χ4v) is 4.32. The van der Waals surface area contributed by atoms with Gasteiger partial charge in [0.2, 0.25) is 0 Å². The van der Waals surface area contributed by atoms with E-state index in [4.69, 9.17) is 4.74 Å². The van der Waals surface area contributed by atoms with Gasteiger partial charge in [-0.3, -0.25) is 4.79 Å². The Labute approximate surface area is 188 Å². The molecule has 6 nitrogen and oxygen atoms in total. The molecule has 3 atom stereocenters. The molecule has 1 aromatic carbocycles. The molecule has 0 N–H and O–H groups in total. The van der Waals surface area contributed by atoms with Gasteiger partial charge < -0.3 is 14.2 Å². The van der Waals surface area contributed by atoms with Crippen molar-refractivity contribution in [2.24, 2.45) is 13.0 Å². The normalized spacial score (nSPS) is 21.1. The van der Waals surface area contributed by atoms with Gasteiger partial charge in [0, 0.05) is 38.0 Å². The Balaban J connectivity index is 1.63. The number of fused-ring (bicyclic) bond motifs is 1. The van der Waals surface area contributed by atoms with Gasteiger partial charge in [0.1, 0.15) is 29.1 Å². The fourth-order valence-electron chi connectivity index (χ4n) is 4.32. The summed E-state index contributed by atoms with van der Waals surface area (Å²) in [6, 6.07) is 11.7. The molecule has 0 saturated carbocycles. The van der Waals surface area contributed by atoms with Crippen molar-refractivity contribution in [1.82, 2.24) is 9.55 Å². The van der Waals surface area contributed by atoms with Crippen LogP contribution >= 0.6 is 0 Å². The number of halogens is 3. The van der Waals surface area contributed by atoms with Crippen LogP contribution < -0.4 is 15.2 Å². The number of benzene rings is 1. The number of ether oxygens (including phenoxy) is 1. The van der Waals surface area contributed by atoms with Crippen LogP contribution in [0.5, 0.6) is 5.75 Å². The van der Waals surface area contributed by atoms with Gasteiger partial charge in [0.05, 0.1) is 16.8 Å². The Hall–Kier alpha value is -3.54. The highest BCUT2D eigenvalue weighted by molar-refractivity contribution is 5.88. The number of pyridine rings is 2. The number of hydrogen-bond acceptors (Lipinski definition) is 5. The van der Waals surface area contributed by atoms with Crippen LogP contribution in [0.25, 0.3) is 11.0 Å². The quantitative estimate of drug-likeness (QED) is 0.580. The monoisotopic (exact) mass is 456 g/mol. The van der Waals surface area contributed by atoms with Crippen molar-refractivity contribution in [2.45, 2.75) is 38.6 Å². The third-order valence-corrected chi connectivity index (χ3v) is 6.17. The van der Waals surface area contributed by atoms with E-state index in [0.29, 0.717) is 29.7 Å². The van der Waals surface area contributed by atoms with Crippen LogP contribution in [-0.2, 0) is 13.2 Å². The number of aromatic nitrogens is 2. The zero-order valence-corrected chi connectivity index (χ0v) is 18.4. The summed E-state index contributed by atoms with van der Waals surface area (Å²) in [6.07, 6.45) is -4.18. The van der Waals surface area contributed by atoms with E-state index in [-0.39, 0.29) is 35.1 Å². The number of rotatable bonds is 3. The number of aryl methyl sites for hydroxylation is 1. The molecule has 3 aromatic rings. The van der Waals surface area contributed by atoms with Crippen LogP contribution in [0.4, 0.5) is 18.9 Å². The number of anilines is 1. The van der Waals surface area contributed by atoms with Gasteiger partial charge in [-0.2, -0.15) is 18.4 Å². The molecule has 172 valence electrons. The van der Waals surface area contributed by atoms with Crippen molar-refractivity contribution in [3.63, 3.8) is 0 Å². The minimum absolute atomic E-state index is 0.0333. The molecular formula is C24H23F3N4O2. The summed E-state index contributed by atoms with van der Waals surface area (Å²) >= 11 is 0. The van der Waals surface area contributed by atoms with Crippen LogP contribution in [0.15, 0.2) is 47.3 Å². The molecule has 0 aliphatic carbocycles. The lowest BCUT2D eigenvalue weighted by Gasteiger charge is -2.43.